The van der Waals surface area contributed by atoms with E-state index in [1.807, 2.05) is 11.9 Å². The zero-order chi connectivity index (χ0) is 13.2. The van der Waals surface area contributed by atoms with Crippen LogP contribution < -0.4 is 5.73 Å². The summed E-state index contributed by atoms with van der Waals surface area (Å²) in [6.45, 7) is 1.09. The molecule has 1 saturated carbocycles. The van der Waals surface area contributed by atoms with E-state index in [-0.39, 0.29) is 5.82 Å². The molecule has 1 fully saturated rings. The Morgan fingerprint density at radius 3 is 2.67 bits per heavy atom. The Kier molecular flexibility index (Phi) is 3.88. The fourth-order valence-corrected chi connectivity index (χ4v) is 2.73. The van der Waals surface area contributed by atoms with Crippen molar-refractivity contribution in [2.45, 2.75) is 37.8 Å². The molecular weight excluding hydrogens is 231 g/mol. The van der Waals surface area contributed by atoms with Crippen molar-refractivity contribution in [3.63, 3.8) is 0 Å². The van der Waals surface area contributed by atoms with Crippen LogP contribution >= 0.6 is 0 Å². The number of hydrogen-bond acceptors (Lipinski definition) is 3. The van der Waals surface area contributed by atoms with Gasteiger partial charge in [0.2, 0.25) is 0 Å². The summed E-state index contributed by atoms with van der Waals surface area (Å²) in [7, 11) is 1.91. The number of anilines is 1. The van der Waals surface area contributed by atoms with Gasteiger partial charge in [-0.05, 0) is 32.0 Å². The molecule has 1 aromatic carbocycles. The molecule has 100 valence electrons. The monoisotopic (exact) mass is 252 g/mol. The minimum atomic E-state index is -0.584. The molecule has 4 heteroatoms. The van der Waals surface area contributed by atoms with E-state index in [1.54, 1.807) is 12.1 Å². The summed E-state index contributed by atoms with van der Waals surface area (Å²) >= 11 is 0. The minimum Gasteiger partial charge on any atom is -0.399 e. The van der Waals surface area contributed by atoms with E-state index in [4.69, 9.17) is 5.73 Å². The third kappa shape index (κ3) is 3.21. The van der Waals surface area contributed by atoms with E-state index < -0.39 is 5.60 Å². The molecule has 0 radical (unpaired) electrons. The summed E-state index contributed by atoms with van der Waals surface area (Å²) in [4.78, 5) is 1.97. The van der Waals surface area contributed by atoms with Crippen molar-refractivity contribution in [1.29, 1.82) is 0 Å². The van der Waals surface area contributed by atoms with Crippen LogP contribution in [0.2, 0.25) is 0 Å². The maximum atomic E-state index is 13.7. The number of benzene rings is 1. The molecule has 0 aromatic heterocycles. The number of likely N-dealkylation sites (N-methyl/N-ethyl adjacent to an activating group) is 1. The smallest absolute Gasteiger partial charge is 0.129 e. The molecule has 0 amide bonds. The minimum absolute atomic E-state index is 0.278. The van der Waals surface area contributed by atoms with Gasteiger partial charge < -0.3 is 10.8 Å². The Labute approximate surface area is 107 Å². The highest BCUT2D eigenvalue weighted by Crippen LogP contribution is 2.30. The Hall–Kier alpha value is -1.13. The Bertz CT molecular complexity index is 416. The Morgan fingerprint density at radius 2 is 2.06 bits per heavy atom. The molecular formula is C14H21FN2O. The molecule has 0 atom stereocenters. The van der Waals surface area contributed by atoms with Gasteiger partial charge in [-0.3, -0.25) is 4.90 Å². The molecule has 3 N–H and O–H groups in total. The first-order valence-electron chi connectivity index (χ1n) is 6.43. The predicted molar refractivity (Wildman–Crippen MR) is 70.6 cm³/mol. The van der Waals surface area contributed by atoms with Gasteiger partial charge in [0, 0.05) is 24.3 Å². The summed E-state index contributed by atoms with van der Waals surface area (Å²) in [5.74, 6) is -0.278. The SMILES string of the molecule is CN(Cc1ccc(N)cc1F)CC1(O)CCCC1. The van der Waals surface area contributed by atoms with Crippen LogP contribution in [-0.4, -0.2) is 29.2 Å². The molecule has 0 aliphatic heterocycles. The summed E-state index contributed by atoms with van der Waals surface area (Å²) in [6, 6.07) is 4.75. The zero-order valence-corrected chi connectivity index (χ0v) is 10.8. The van der Waals surface area contributed by atoms with Gasteiger partial charge in [-0.25, -0.2) is 4.39 Å². The van der Waals surface area contributed by atoms with Crippen LogP contribution in [0.15, 0.2) is 18.2 Å². The maximum Gasteiger partial charge on any atom is 0.129 e. The summed E-state index contributed by atoms with van der Waals surface area (Å²) in [5, 5.41) is 10.3. The van der Waals surface area contributed by atoms with Crippen molar-refractivity contribution in [2.24, 2.45) is 0 Å². The summed E-state index contributed by atoms with van der Waals surface area (Å²) in [5.41, 5.74) is 5.99. The van der Waals surface area contributed by atoms with E-state index in [0.717, 1.165) is 25.7 Å². The van der Waals surface area contributed by atoms with E-state index >= 15 is 0 Å². The molecule has 0 unspecified atom stereocenters. The van der Waals surface area contributed by atoms with Crippen LogP contribution in [0, 0.1) is 5.82 Å². The first kappa shape index (κ1) is 13.3. The third-order valence-corrected chi connectivity index (χ3v) is 3.62. The van der Waals surface area contributed by atoms with E-state index in [2.05, 4.69) is 0 Å². The van der Waals surface area contributed by atoms with E-state index in [9.17, 15) is 9.50 Å². The number of nitrogens with zero attached hydrogens (tertiary/aromatic N) is 1. The number of hydrogen-bond donors (Lipinski definition) is 2. The van der Waals surface area contributed by atoms with Crippen LogP contribution in [-0.2, 0) is 6.54 Å². The average Bonchev–Trinajstić information content (AvgIpc) is 2.69. The fraction of sp³-hybridized carbons (Fsp3) is 0.571. The molecule has 3 nitrogen and oxygen atoms in total. The number of aliphatic hydroxyl groups is 1. The molecule has 1 aliphatic carbocycles. The lowest BCUT2D eigenvalue weighted by atomic mass is 10.0. The molecule has 0 spiro atoms. The van der Waals surface area contributed by atoms with Crippen molar-refractivity contribution in [3.05, 3.63) is 29.6 Å². The fourth-order valence-electron chi connectivity index (χ4n) is 2.73. The Morgan fingerprint density at radius 1 is 1.39 bits per heavy atom. The largest absolute Gasteiger partial charge is 0.399 e. The maximum absolute atomic E-state index is 13.7. The van der Waals surface area contributed by atoms with Crippen molar-refractivity contribution < 1.29 is 9.50 Å². The van der Waals surface area contributed by atoms with Crippen LogP contribution in [0.1, 0.15) is 31.2 Å². The number of rotatable bonds is 4. The first-order chi connectivity index (χ1) is 8.48. The lowest BCUT2D eigenvalue weighted by molar-refractivity contribution is 0.0143. The van der Waals surface area contributed by atoms with Gasteiger partial charge in [-0.2, -0.15) is 0 Å². The molecule has 18 heavy (non-hydrogen) atoms. The standard InChI is InChI=1S/C14H21FN2O/c1-17(10-14(18)6-2-3-7-14)9-11-4-5-12(16)8-13(11)15/h4-5,8,18H,2-3,6-7,9-10,16H2,1H3. The quantitative estimate of drug-likeness (QED) is 0.807. The second-order valence-electron chi connectivity index (χ2n) is 5.45. The van der Waals surface area contributed by atoms with Gasteiger partial charge in [0.05, 0.1) is 5.60 Å². The summed E-state index contributed by atoms with van der Waals surface area (Å²) in [6.07, 6.45) is 3.87. The lowest BCUT2D eigenvalue weighted by Gasteiger charge is -2.28. The number of nitrogen functional groups attached to an aromatic ring is 1. The van der Waals surface area contributed by atoms with Crippen LogP contribution in [0.5, 0.6) is 0 Å². The van der Waals surface area contributed by atoms with Gasteiger partial charge in [0.25, 0.3) is 0 Å². The number of nitrogens with two attached hydrogens (primary N) is 1. The normalized spacial score (nSPS) is 18.4. The van der Waals surface area contributed by atoms with Gasteiger partial charge >= 0.3 is 0 Å². The molecule has 0 bridgehead atoms. The van der Waals surface area contributed by atoms with Crippen molar-refractivity contribution >= 4 is 5.69 Å². The van der Waals surface area contributed by atoms with E-state index in [1.165, 1.54) is 6.07 Å². The molecule has 1 aromatic rings. The summed E-state index contributed by atoms with van der Waals surface area (Å²) < 4.78 is 13.7. The van der Waals surface area contributed by atoms with Crippen LogP contribution in [0.4, 0.5) is 10.1 Å². The van der Waals surface area contributed by atoms with Gasteiger partial charge in [-0.15, -0.1) is 0 Å². The Balaban J connectivity index is 1.96. The average molecular weight is 252 g/mol. The molecule has 0 heterocycles. The van der Waals surface area contributed by atoms with Gasteiger partial charge in [0.15, 0.2) is 0 Å². The third-order valence-electron chi connectivity index (χ3n) is 3.62. The van der Waals surface area contributed by atoms with Crippen LogP contribution in [0.25, 0.3) is 0 Å². The van der Waals surface area contributed by atoms with Crippen LogP contribution in [0.3, 0.4) is 0 Å². The van der Waals surface area contributed by atoms with E-state index in [0.29, 0.717) is 24.3 Å². The lowest BCUT2D eigenvalue weighted by Crippen LogP contribution is -2.38. The zero-order valence-electron chi connectivity index (χ0n) is 10.8. The highest BCUT2D eigenvalue weighted by Gasteiger charge is 2.32. The first-order valence-corrected chi connectivity index (χ1v) is 6.43. The molecule has 0 saturated heterocycles. The number of halogens is 1. The van der Waals surface area contributed by atoms with Gasteiger partial charge in [-0.1, -0.05) is 18.9 Å². The predicted octanol–water partition coefficient (Wildman–Crippen LogP) is 2.14. The highest BCUT2D eigenvalue weighted by atomic mass is 19.1. The van der Waals surface area contributed by atoms with Crippen molar-refractivity contribution in [1.82, 2.24) is 4.90 Å². The van der Waals surface area contributed by atoms with Crippen molar-refractivity contribution in [3.8, 4) is 0 Å². The van der Waals surface area contributed by atoms with Gasteiger partial charge in [0.1, 0.15) is 5.82 Å². The highest BCUT2D eigenvalue weighted by molar-refractivity contribution is 5.40. The second-order valence-corrected chi connectivity index (χ2v) is 5.45. The topological polar surface area (TPSA) is 49.5 Å². The second kappa shape index (κ2) is 5.24. The van der Waals surface area contributed by atoms with Crippen molar-refractivity contribution in [2.75, 3.05) is 19.3 Å². The molecule has 2 rings (SSSR count). The molecule has 1 aliphatic rings.